The van der Waals surface area contributed by atoms with E-state index in [1.165, 1.54) is 11.1 Å². The Labute approximate surface area is 121 Å². The van der Waals surface area contributed by atoms with Gasteiger partial charge in [-0.25, -0.2) is 0 Å². The first-order valence-electron chi connectivity index (χ1n) is 7.24. The van der Waals surface area contributed by atoms with Gasteiger partial charge in [0.1, 0.15) is 0 Å². The van der Waals surface area contributed by atoms with Crippen LogP contribution in [0.4, 0.5) is 0 Å². The lowest BCUT2D eigenvalue weighted by Crippen LogP contribution is -2.41. The van der Waals surface area contributed by atoms with Crippen LogP contribution in [0.2, 0.25) is 5.02 Å². The SMILES string of the molecule is CCC(CC)(CO)CNC1Cc2ccc(Cl)cc2C1. The topological polar surface area (TPSA) is 32.3 Å². The lowest BCUT2D eigenvalue weighted by atomic mass is 9.83. The molecule has 0 heterocycles. The Morgan fingerprint density at radius 2 is 1.95 bits per heavy atom. The van der Waals surface area contributed by atoms with E-state index in [0.717, 1.165) is 37.3 Å². The van der Waals surface area contributed by atoms with E-state index in [9.17, 15) is 5.11 Å². The molecule has 0 spiro atoms. The van der Waals surface area contributed by atoms with Crippen LogP contribution in [0.25, 0.3) is 0 Å². The lowest BCUT2D eigenvalue weighted by Gasteiger charge is -2.31. The summed E-state index contributed by atoms with van der Waals surface area (Å²) in [7, 11) is 0. The summed E-state index contributed by atoms with van der Waals surface area (Å²) in [6.07, 6.45) is 4.14. The third-order valence-electron chi connectivity index (χ3n) is 4.70. The lowest BCUT2D eigenvalue weighted by molar-refractivity contribution is 0.110. The van der Waals surface area contributed by atoms with Crippen LogP contribution in [-0.2, 0) is 12.8 Å². The molecule has 2 nitrogen and oxygen atoms in total. The van der Waals surface area contributed by atoms with Gasteiger partial charge in [-0.3, -0.25) is 0 Å². The zero-order valence-corrected chi connectivity index (χ0v) is 12.6. The Morgan fingerprint density at radius 3 is 2.58 bits per heavy atom. The highest BCUT2D eigenvalue weighted by Crippen LogP contribution is 2.28. The molecule has 3 heteroatoms. The number of hydrogen-bond donors (Lipinski definition) is 2. The molecule has 0 fully saturated rings. The van der Waals surface area contributed by atoms with Crippen molar-refractivity contribution >= 4 is 11.6 Å². The van der Waals surface area contributed by atoms with Gasteiger partial charge in [-0.1, -0.05) is 31.5 Å². The number of nitrogens with one attached hydrogen (secondary N) is 1. The van der Waals surface area contributed by atoms with Crippen molar-refractivity contribution in [2.45, 2.75) is 45.6 Å². The van der Waals surface area contributed by atoms with Gasteiger partial charge in [-0.15, -0.1) is 0 Å². The van der Waals surface area contributed by atoms with Crippen molar-refractivity contribution in [3.05, 3.63) is 34.3 Å². The molecule has 0 saturated carbocycles. The molecule has 106 valence electrons. The fourth-order valence-corrected chi connectivity index (χ4v) is 3.07. The minimum absolute atomic E-state index is 0.0341. The summed E-state index contributed by atoms with van der Waals surface area (Å²) < 4.78 is 0. The maximum absolute atomic E-state index is 9.60. The molecule has 0 amide bonds. The summed E-state index contributed by atoms with van der Waals surface area (Å²) in [5, 5.41) is 14.1. The van der Waals surface area contributed by atoms with Crippen molar-refractivity contribution in [1.82, 2.24) is 5.32 Å². The fourth-order valence-electron chi connectivity index (χ4n) is 2.87. The van der Waals surface area contributed by atoms with Crippen LogP contribution < -0.4 is 5.32 Å². The van der Waals surface area contributed by atoms with E-state index in [1.807, 2.05) is 6.07 Å². The summed E-state index contributed by atoms with van der Waals surface area (Å²) in [4.78, 5) is 0. The van der Waals surface area contributed by atoms with Crippen molar-refractivity contribution in [1.29, 1.82) is 0 Å². The Balaban J connectivity index is 1.93. The molecule has 0 bridgehead atoms. The average molecular weight is 282 g/mol. The van der Waals surface area contributed by atoms with Crippen LogP contribution >= 0.6 is 11.6 Å². The molecule has 1 atom stereocenters. The summed E-state index contributed by atoms with van der Waals surface area (Å²) in [6, 6.07) is 6.67. The normalized spacial score (nSPS) is 18.6. The van der Waals surface area contributed by atoms with Gasteiger partial charge in [0.2, 0.25) is 0 Å². The summed E-state index contributed by atoms with van der Waals surface area (Å²) >= 11 is 6.03. The second-order valence-corrected chi connectivity index (χ2v) is 6.20. The molecule has 0 radical (unpaired) electrons. The van der Waals surface area contributed by atoms with E-state index in [1.54, 1.807) is 0 Å². The molecular weight excluding hydrogens is 258 g/mol. The number of hydrogen-bond acceptors (Lipinski definition) is 2. The highest BCUT2D eigenvalue weighted by atomic mass is 35.5. The summed E-state index contributed by atoms with van der Waals surface area (Å²) in [6.45, 7) is 5.47. The molecule has 1 unspecified atom stereocenters. The Kier molecular flexibility index (Phi) is 4.88. The summed E-state index contributed by atoms with van der Waals surface area (Å²) in [5.41, 5.74) is 2.81. The number of aliphatic hydroxyl groups is 1. The molecule has 0 saturated heterocycles. The molecule has 1 aliphatic carbocycles. The highest BCUT2D eigenvalue weighted by molar-refractivity contribution is 6.30. The second kappa shape index (κ2) is 6.25. The molecule has 1 aromatic rings. The zero-order valence-electron chi connectivity index (χ0n) is 11.9. The molecular formula is C16H24ClNO. The molecule has 0 aromatic heterocycles. The average Bonchev–Trinajstić information content (AvgIpc) is 2.83. The second-order valence-electron chi connectivity index (χ2n) is 5.76. The van der Waals surface area contributed by atoms with Crippen LogP contribution in [-0.4, -0.2) is 24.3 Å². The predicted octanol–water partition coefficient (Wildman–Crippen LogP) is 3.20. The quantitative estimate of drug-likeness (QED) is 0.839. The van der Waals surface area contributed by atoms with Crippen LogP contribution in [0.15, 0.2) is 18.2 Å². The van der Waals surface area contributed by atoms with E-state index >= 15 is 0 Å². The molecule has 0 aliphatic heterocycles. The first kappa shape index (κ1) is 14.8. The fraction of sp³-hybridized carbons (Fsp3) is 0.625. The molecule has 2 N–H and O–H groups in total. The molecule has 2 rings (SSSR count). The minimum Gasteiger partial charge on any atom is -0.396 e. The van der Waals surface area contributed by atoms with Gasteiger partial charge in [0.05, 0.1) is 0 Å². The Hall–Kier alpha value is -0.570. The van der Waals surface area contributed by atoms with Crippen molar-refractivity contribution in [2.24, 2.45) is 5.41 Å². The summed E-state index contributed by atoms with van der Waals surface area (Å²) in [5.74, 6) is 0. The van der Waals surface area contributed by atoms with Gasteiger partial charge < -0.3 is 10.4 Å². The van der Waals surface area contributed by atoms with Crippen LogP contribution in [0.3, 0.4) is 0 Å². The van der Waals surface area contributed by atoms with E-state index < -0.39 is 0 Å². The Bertz CT molecular complexity index is 420. The van der Waals surface area contributed by atoms with Gasteiger partial charge in [0.15, 0.2) is 0 Å². The molecule has 1 aromatic carbocycles. The van der Waals surface area contributed by atoms with Crippen LogP contribution in [0, 0.1) is 5.41 Å². The third kappa shape index (κ3) is 3.31. The van der Waals surface area contributed by atoms with Crippen molar-refractivity contribution < 1.29 is 5.11 Å². The van der Waals surface area contributed by atoms with E-state index in [4.69, 9.17) is 11.6 Å². The van der Waals surface area contributed by atoms with E-state index in [-0.39, 0.29) is 12.0 Å². The number of aliphatic hydroxyl groups excluding tert-OH is 1. The standard InChI is InChI=1S/C16H24ClNO/c1-3-16(4-2,11-19)10-18-15-8-12-5-6-14(17)7-13(12)9-15/h5-7,15,18-19H,3-4,8-11H2,1-2H3. The van der Waals surface area contributed by atoms with Gasteiger partial charge >= 0.3 is 0 Å². The molecule has 1 aliphatic rings. The Morgan fingerprint density at radius 1 is 1.26 bits per heavy atom. The monoisotopic (exact) mass is 281 g/mol. The van der Waals surface area contributed by atoms with E-state index in [0.29, 0.717) is 6.04 Å². The largest absolute Gasteiger partial charge is 0.396 e. The van der Waals surface area contributed by atoms with Crippen LogP contribution in [0.5, 0.6) is 0 Å². The molecule has 19 heavy (non-hydrogen) atoms. The van der Waals surface area contributed by atoms with E-state index in [2.05, 4.69) is 31.3 Å². The number of fused-ring (bicyclic) bond motifs is 1. The van der Waals surface area contributed by atoms with Gasteiger partial charge in [0.25, 0.3) is 0 Å². The van der Waals surface area contributed by atoms with Gasteiger partial charge in [0, 0.05) is 29.6 Å². The predicted molar refractivity (Wildman–Crippen MR) is 80.8 cm³/mol. The smallest absolute Gasteiger partial charge is 0.0499 e. The van der Waals surface area contributed by atoms with Crippen molar-refractivity contribution in [3.8, 4) is 0 Å². The van der Waals surface area contributed by atoms with Crippen molar-refractivity contribution in [3.63, 3.8) is 0 Å². The van der Waals surface area contributed by atoms with Gasteiger partial charge in [-0.05, 0) is 48.9 Å². The van der Waals surface area contributed by atoms with Gasteiger partial charge in [-0.2, -0.15) is 0 Å². The van der Waals surface area contributed by atoms with Crippen molar-refractivity contribution in [2.75, 3.05) is 13.2 Å². The maximum atomic E-state index is 9.60. The van der Waals surface area contributed by atoms with Crippen LogP contribution in [0.1, 0.15) is 37.8 Å². The first-order chi connectivity index (χ1) is 9.12. The number of benzene rings is 1. The zero-order chi connectivity index (χ0) is 13.9. The number of rotatable bonds is 6. The highest BCUT2D eigenvalue weighted by Gasteiger charge is 2.28. The maximum Gasteiger partial charge on any atom is 0.0499 e. The third-order valence-corrected chi connectivity index (χ3v) is 4.94. The number of halogens is 1. The minimum atomic E-state index is 0.0341. The first-order valence-corrected chi connectivity index (χ1v) is 7.62.